The second-order valence-electron chi connectivity index (χ2n) is 2.88. The van der Waals surface area contributed by atoms with E-state index in [-0.39, 0.29) is 0 Å². The van der Waals surface area contributed by atoms with E-state index in [4.69, 9.17) is 5.21 Å². The molecule has 1 aromatic rings. The molecular weight excluding hydrogens is 234 g/mol. The van der Waals surface area contributed by atoms with E-state index in [0.29, 0.717) is 10.0 Å². The van der Waals surface area contributed by atoms with Crippen molar-refractivity contribution in [3.05, 3.63) is 33.3 Å². The molecule has 2 N–H and O–H groups in total. The average molecular weight is 244 g/mol. The summed E-state index contributed by atoms with van der Waals surface area (Å²) < 4.78 is 0.713. The monoisotopic (exact) mass is 243 g/mol. The van der Waals surface area contributed by atoms with Crippen LogP contribution >= 0.6 is 15.9 Å². The van der Waals surface area contributed by atoms with Crippen LogP contribution in [0.4, 0.5) is 0 Å². The Labute approximate surface area is 84.9 Å². The lowest BCUT2D eigenvalue weighted by Crippen LogP contribution is -2.19. The van der Waals surface area contributed by atoms with Gasteiger partial charge in [-0.15, -0.1) is 0 Å². The van der Waals surface area contributed by atoms with Crippen LogP contribution in [0.15, 0.2) is 16.6 Å². The Kier molecular flexibility index (Phi) is 3.06. The Morgan fingerprint density at radius 2 is 2.08 bits per heavy atom. The third kappa shape index (κ3) is 2.08. The molecule has 0 atom stereocenters. The minimum absolute atomic E-state index is 0.444. The lowest BCUT2D eigenvalue weighted by Gasteiger charge is -2.06. The van der Waals surface area contributed by atoms with Crippen LogP contribution in [0.1, 0.15) is 21.5 Å². The summed E-state index contributed by atoms with van der Waals surface area (Å²) in [5, 5.41) is 8.47. The highest BCUT2D eigenvalue weighted by molar-refractivity contribution is 9.10. The van der Waals surface area contributed by atoms with Gasteiger partial charge in [-0.3, -0.25) is 10.0 Å². The molecule has 3 nitrogen and oxygen atoms in total. The highest BCUT2D eigenvalue weighted by atomic mass is 79.9. The molecule has 1 amide bonds. The zero-order valence-electron chi connectivity index (χ0n) is 7.39. The standard InChI is InChI=1S/C9H10BrNO2/c1-5-3-6(2)8(10)7(4-5)9(12)11-13/h3-4,13H,1-2H3,(H,11,12). The van der Waals surface area contributed by atoms with Gasteiger partial charge in [0.15, 0.2) is 0 Å². The fourth-order valence-electron chi connectivity index (χ4n) is 1.18. The maximum absolute atomic E-state index is 11.1. The summed E-state index contributed by atoms with van der Waals surface area (Å²) >= 11 is 3.28. The van der Waals surface area contributed by atoms with Gasteiger partial charge in [0, 0.05) is 4.47 Å². The van der Waals surface area contributed by atoms with E-state index >= 15 is 0 Å². The molecule has 0 unspecified atom stereocenters. The molecule has 0 aliphatic rings. The van der Waals surface area contributed by atoms with Crippen molar-refractivity contribution in [3.8, 4) is 0 Å². The number of amides is 1. The van der Waals surface area contributed by atoms with Crippen molar-refractivity contribution in [2.75, 3.05) is 0 Å². The summed E-state index contributed by atoms with van der Waals surface area (Å²) in [6.07, 6.45) is 0. The Morgan fingerprint density at radius 1 is 1.46 bits per heavy atom. The lowest BCUT2D eigenvalue weighted by atomic mass is 10.1. The molecule has 0 bridgehead atoms. The highest BCUT2D eigenvalue weighted by Crippen LogP contribution is 2.22. The Hall–Kier alpha value is -0.870. The first-order chi connectivity index (χ1) is 6.06. The van der Waals surface area contributed by atoms with E-state index in [0.717, 1.165) is 11.1 Å². The van der Waals surface area contributed by atoms with Crippen LogP contribution in [-0.4, -0.2) is 11.1 Å². The third-order valence-corrected chi connectivity index (χ3v) is 2.80. The van der Waals surface area contributed by atoms with Gasteiger partial charge in [-0.05, 0) is 47.0 Å². The van der Waals surface area contributed by atoms with Gasteiger partial charge in [-0.25, -0.2) is 5.48 Å². The molecule has 0 saturated carbocycles. The van der Waals surface area contributed by atoms with Gasteiger partial charge in [0.25, 0.3) is 5.91 Å². The molecule has 0 fully saturated rings. The smallest absolute Gasteiger partial charge is 0.275 e. The van der Waals surface area contributed by atoms with Crippen LogP contribution in [0.2, 0.25) is 0 Å². The van der Waals surface area contributed by atoms with Gasteiger partial charge >= 0.3 is 0 Å². The first-order valence-electron chi connectivity index (χ1n) is 3.77. The summed E-state index contributed by atoms with van der Waals surface area (Å²) in [4.78, 5) is 11.1. The molecule has 70 valence electrons. The number of benzene rings is 1. The van der Waals surface area contributed by atoms with Gasteiger partial charge in [0.1, 0.15) is 0 Å². The van der Waals surface area contributed by atoms with E-state index in [1.54, 1.807) is 11.5 Å². The molecule has 0 saturated heterocycles. The number of aryl methyl sites for hydroxylation is 2. The van der Waals surface area contributed by atoms with Gasteiger partial charge in [0.05, 0.1) is 5.56 Å². The van der Waals surface area contributed by atoms with E-state index < -0.39 is 5.91 Å². The molecule has 1 aromatic carbocycles. The van der Waals surface area contributed by atoms with Crippen molar-refractivity contribution in [2.45, 2.75) is 13.8 Å². The molecule has 0 heterocycles. The molecule has 0 radical (unpaired) electrons. The molecule has 1 rings (SSSR count). The normalized spacial score (nSPS) is 9.85. The topological polar surface area (TPSA) is 49.3 Å². The van der Waals surface area contributed by atoms with Gasteiger partial charge in [-0.2, -0.15) is 0 Å². The second kappa shape index (κ2) is 3.89. The highest BCUT2D eigenvalue weighted by Gasteiger charge is 2.11. The number of nitrogens with one attached hydrogen (secondary N) is 1. The van der Waals surface area contributed by atoms with Crippen LogP contribution < -0.4 is 5.48 Å². The fraction of sp³-hybridized carbons (Fsp3) is 0.222. The van der Waals surface area contributed by atoms with Crippen molar-refractivity contribution in [1.82, 2.24) is 5.48 Å². The largest absolute Gasteiger partial charge is 0.288 e. The van der Waals surface area contributed by atoms with Crippen LogP contribution in [0.5, 0.6) is 0 Å². The minimum atomic E-state index is -0.501. The van der Waals surface area contributed by atoms with Crippen molar-refractivity contribution in [1.29, 1.82) is 0 Å². The summed E-state index contributed by atoms with van der Waals surface area (Å²) in [5.74, 6) is -0.501. The maximum atomic E-state index is 11.1. The van der Waals surface area contributed by atoms with Crippen LogP contribution in [0.3, 0.4) is 0 Å². The van der Waals surface area contributed by atoms with E-state index in [9.17, 15) is 4.79 Å². The van der Waals surface area contributed by atoms with Gasteiger partial charge < -0.3 is 0 Å². The van der Waals surface area contributed by atoms with Gasteiger partial charge in [-0.1, -0.05) is 6.07 Å². The van der Waals surface area contributed by atoms with E-state index in [2.05, 4.69) is 15.9 Å². The molecular formula is C9H10BrNO2. The van der Waals surface area contributed by atoms with Crippen molar-refractivity contribution in [3.63, 3.8) is 0 Å². The zero-order chi connectivity index (χ0) is 10.0. The van der Waals surface area contributed by atoms with Crippen molar-refractivity contribution >= 4 is 21.8 Å². The SMILES string of the molecule is Cc1cc(C)c(Br)c(C(=O)NO)c1. The van der Waals surface area contributed by atoms with Crippen LogP contribution in [0.25, 0.3) is 0 Å². The number of carbonyl (C=O) groups is 1. The minimum Gasteiger partial charge on any atom is -0.288 e. The van der Waals surface area contributed by atoms with E-state index in [1.807, 2.05) is 19.9 Å². The number of hydroxylamine groups is 1. The van der Waals surface area contributed by atoms with Gasteiger partial charge in [0.2, 0.25) is 0 Å². The number of carbonyl (C=O) groups excluding carboxylic acids is 1. The van der Waals surface area contributed by atoms with Crippen LogP contribution in [0, 0.1) is 13.8 Å². The Bertz CT molecular complexity index is 350. The summed E-state index contributed by atoms with van der Waals surface area (Å²) in [5.41, 5.74) is 4.01. The molecule has 13 heavy (non-hydrogen) atoms. The molecule has 0 aromatic heterocycles. The Morgan fingerprint density at radius 3 is 2.62 bits per heavy atom. The summed E-state index contributed by atoms with van der Waals surface area (Å²) in [7, 11) is 0. The predicted octanol–water partition coefficient (Wildman–Crippen LogP) is 2.18. The quantitative estimate of drug-likeness (QED) is 0.587. The zero-order valence-corrected chi connectivity index (χ0v) is 8.97. The van der Waals surface area contributed by atoms with Crippen molar-refractivity contribution in [2.24, 2.45) is 0 Å². The lowest BCUT2D eigenvalue weighted by molar-refractivity contribution is 0.0705. The Balaban J connectivity index is 3.28. The number of rotatable bonds is 1. The van der Waals surface area contributed by atoms with Crippen LogP contribution in [-0.2, 0) is 0 Å². The van der Waals surface area contributed by atoms with Crippen molar-refractivity contribution < 1.29 is 10.0 Å². The number of hydrogen-bond acceptors (Lipinski definition) is 2. The van der Waals surface area contributed by atoms with E-state index in [1.165, 1.54) is 0 Å². The molecule has 0 spiro atoms. The molecule has 0 aliphatic heterocycles. The second-order valence-corrected chi connectivity index (χ2v) is 3.68. The molecule has 4 heteroatoms. The summed E-state index contributed by atoms with van der Waals surface area (Å²) in [6.45, 7) is 3.79. The molecule has 0 aliphatic carbocycles. The fourth-order valence-corrected chi connectivity index (χ4v) is 1.58. The number of hydrogen-bond donors (Lipinski definition) is 2. The number of halogens is 1. The maximum Gasteiger partial charge on any atom is 0.275 e. The summed E-state index contributed by atoms with van der Waals surface area (Å²) in [6, 6.07) is 3.67. The first-order valence-corrected chi connectivity index (χ1v) is 4.56. The average Bonchev–Trinajstić information content (AvgIpc) is 2.10. The predicted molar refractivity (Wildman–Crippen MR) is 52.9 cm³/mol. The third-order valence-electron chi connectivity index (χ3n) is 1.75. The first kappa shape index (κ1) is 10.2.